The van der Waals surface area contributed by atoms with E-state index in [2.05, 4.69) is 30.8 Å². The Hall–Kier alpha value is -0.370. The van der Waals surface area contributed by atoms with E-state index in [-0.39, 0.29) is 0 Å². The first-order chi connectivity index (χ1) is 11.3. The van der Waals surface area contributed by atoms with Crippen LogP contribution in [0.5, 0.6) is 0 Å². The zero-order valence-corrected chi connectivity index (χ0v) is 16.9. The molecule has 0 atom stereocenters. The fraction of sp³-hybridized carbons (Fsp3) is 0.857. The zero-order chi connectivity index (χ0) is 16.8. The Morgan fingerprint density at radius 2 is 1.13 bits per heavy atom. The summed E-state index contributed by atoms with van der Waals surface area (Å²) in [5.41, 5.74) is 3.75. The number of hydrogen-bond acceptors (Lipinski definition) is 1. The van der Waals surface area contributed by atoms with Crippen molar-refractivity contribution < 1.29 is 4.57 Å². The van der Waals surface area contributed by atoms with Crippen molar-refractivity contribution >= 4 is 11.3 Å². The summed E-state index contributed by atoms with van der Waals surface area (Å²) in [6.07, 6.45) is 20.2. The van der Waals surface area contributed by atoms with Crippen molar-refractivity contribution in [3.63, 3.8) is 0 Å². The van der Waals surface area contributed by atoms with Crippen molar-refractivity contribution in [3.05, 3.63) is 16.1 Å². The van der Waals surface area contributed by atoms with E-state index >= 15 is 0 Å². The second kappa shape index (κ2) is 14.0. The van der Waals surface area contributed by atoms with E-state index in [4.69, 9.17) is 0 Å². The van der Waals surface area contributed by atoms with Crippen molar-refractivity contribution in [1.82, 2.24) is 0 Å². The van der Waals surface area contributed by atoms with E-state index in [0.29, 0.717) is 0 Å². The molecule has 0 radical (unpaired) electrons. The van der Waals surface area contributed by atoms with Gasteiger partial charge in [0.05, 0.1) is 4.88 Å². The molecule has 1 nitrogen and oxygen atoms in total. The van der Waals surface area contributed by atoms with Gasteiger partial charge in [0.25, 0.3) is 0 Å². The second-order valence-corrected chi connectivity index (χ2v) is 8.21. The average Bonchev–Trinajstić information content (AvgIpc) is 2.87. The number of thiazole rings is 1. The minimum absolute atomic E-state index is 1.22. The molecule has 0 unspecified atom stereocenters. The van der Waals surface area contributed by atoms with Gasteiger partial charge in [-0.25, -0.2) is 0 Å². The van der Waals surface area contributed by atoms with Gasteiger partial charge in [-0.2, -0.15) is 4.57 Å². The standard InChI is InChI=1S/C21H40NS/c1-4-5-6-7-8-9-10-11-12-13-14-15-16-17-18-22-19-23-21(3)20(22)2/h19H,4-18H2,1-3H3/q+1. The van der Waals surface area contributed by atoms with Crippen molar-refractivity contribution in [2.75, 3.05) is 0 Å². The molecule has 0 saturated carbocycles. The van der Waals surface area contributed by atoms with Crippen LogP contribution in [0.4, 0.5) is 0 Å². The van der Waals surface area contributed by atoms with E-state index in [9.17, 15) is 0 Å². The van der Waals surface area contributed by atoms with Crippen LogP contribution in [0.15, 0.2) is 5.51 Å². The summed E-state index contributed by atoms with van der Waals surface area (Å²) in [6.45, 7) is 7.98. The molecule has 1 rings (SSSR count). The summed E-state index contributed by atoms with van der Waals surface area (Å²) in [7, 11) is 0. The van der Waals surface area contributed by atoms with Crippen molar-refractivity contribution in [1.29, 1.82) is 0 Å². The van der Waals surface area contributed by atoms with Crippen LogP contribution in [0.1, 0.15) is 107 Å². The molecule has 0 aliphatic carbocycles. The maximum absolute atomic E-state index is 2.43. The molecule has 0 fully saturated rings. The highest BCUT2D eigenvalue weighted by molar-refractivity contribution is 7.09. The highest BCUT2D eigenvalue weighted by Crippen LogP contribution is 2.13. The molecule has 0 bridgehead atoms. The highest BCUT2D eigenvalue weighted by Gasteiger charge is 2.10. The number of rotatable bonds is 15. The summed E-state index contributed by atoms with van der Waals surface area (Å²) >= 11 is 1.88. The number of nitrogens with zero attached hydrogens (tertiary/aromatic N) is 1. The Morgan fingerprint density at radius 3 is 1.52 bits per heavy atom. The monoisotopic (exact) mass is 338 g/mol. The third-order valence-corrected chi connectivity index (χ3v) is 6.06. The van der Waals surface area contributed by atoms with Crippen LogP contribution in [0.3, 0.4) is 0 Å². The summed E-state index contributed by atoms with van der Waals surface area (Å²) in [5.74, 6) is 0. The first-order valence-electron chi connectivity index (χ1n) is 10.2. The van der Waals surface area contributed by atoms with Crippen molar-refractivity contribution in [2.45, 2.75) is 117 Å². The summed E-state index contributed by atoms with van der Waals surface area (Å²) in [5, 5.41) is 0. The van der Waals surface area contributed by atoms with E-state index in [1.807, 2.05) is 11.3 Å². The van der Waals surface area contributed by atoms with E-state index in [1.165, 1.54) is 107 Å². The molecule has 2 heteroatoms. The van der Waals surface area contributed by atoms with E-state index in [1.54, 1.807) is 0 Å². The van der Waals surface area contributed by atoms with Crippen LogP contribution < -0.4 is 4.57 Å². The maximum atomic E-state index is 2.43. The zero-order valence-electron chi connectivity index (χ0n) is 16.0. The minimum Gasteiger partial charge on any atom is -0.193 e. The van der Waals surface area contributed by atoms with Gasteiger partial charge in [0, 0.05) is 13.3 Å². The first-order valence-corrected chi connectivity index (χ1v) is 11.1. The van der Waals surface area contributed by atoms with Crippen LogP contribution >= 0.6 is 11.3 Å². The fourth-order valence-electron chi connectivity index (χ4n) is 3.21. The number of unbranched alkanes of at least 4 members (excludes halogenated alkanes) is 13. The van der Waals surface area contributed by atoms with Gasteiger partial charge in [-0.05, 0) is 13.3 Å². The molecule has 0 aliphatic rings. The normalized spacial score (nSPS) is 11.3. The fourth-order valence-corrected chi connectivity index (χ4v) is 4.04. The molecule has 0 N–H and O–H groups in total. The minimum atomic E-state index is 1.22. The highest BCUT2D eigenvalue weighted by atomic mass is 32.1. The van der Waals surface area contributed by atoms with Gasteiger partial charge in [0.1, 0.15) is 6.54 Å². The Bertz CT molecular complexity index is 383. The Labute approximate surface area is 149 Å². The Balaban J connectivity index is 1.79. The van der Waals surface area contributed by atoms with Crippen LogP contribution in [0.2, 0.25) is 0 Å². The number of aryl methyl sites for hydroxylation is 2. The van der Waals surface area contributed by atoms with Crippen LogP contribution in [0.25, 0.3) is 0 Å². The van der Waals surface area contributed by atoms with E-state index < -0.39 is 0 Å². The Morgan fingerprint density at radius 1 is 0.696 bits per heavy atom. The second-order valence-electron chi connectivity index (χ2n) is 7.15. The van der Waals surface area contributed by atoms with Gasteiger partial charge < -0.3 is 0 Å². The topological polar surface area (TPSA) is 3.88 Å². The first kappa shape index (κ1) is 20.7. The summed E-state index contributed by atoms with van der Waals surface area (Å²) in [6, 6.07) is 0. The van der Waals surface area contributed by atoms with Crippen molar-refractivity contribution in [2.24, 2.45) is 0 Å². The molecule has 1 aromatic heterocycles. The molecule has 134 valence electrons. The number of aromatic nitrogens is 1. The third kappa shape index (κ3) is 10.2. The van der Waals surface area contributed by atoms with Gasteiger partial charge in [0.15, 0.2) is 5.69 Å². The van der Waals surface area contributed by atoms with Crippen LogP contribution in [-0.2, 0) is 6.54 Å². The van der Waals surface area contributed by atoms with Crippen molar-refractivity contribution in [3.8, 4) is 0 Å². The van der Waals surface area contributed by atoms with Gasteiger partial charge in [-0.1, -0.05) is 95.3 Å². The smallest absolute Gasteiger partial charge is 0.193 e. The van der Waals surface area contributed by atoms with E-state index in [0.717, 1.165) is 0 Å². The quantitative estimate of drug-likeness (QED) is 0.236. The van der Waals surface area contributed by atoms with Gasteiger partial charge >= 0.3 is 0 Å². The lowest BCUT2D eigenvalue weighted by Gasteiger charge is -2.02. The lowest BCUT2D eigenvalue weighted by Crippen LogP contribution is -2.34. The molecule has 1 aromatic rings. The third-order valence-electron chi connectivity index (χ3n) is 5.05. The molecular weight excluding hydrogens is 298 g/mol. The number of hydrogen-bond donors (Lipinski definition) is 0. The molecule has 0 amide bonds. The van der Waals surface area contributed by atoms with Gasteiger partial charge in [-0.15, -0.1) is 0 Å². The molecule has 23 heavy (non-hydrogen) atoms. The van der Waals surface area contributed by atoms with Gasteiger partial charge in [0.2, 0.25) is 5.51 Å². The molecule has 1 heterocycles. The Kier molecular flexibility index (Phi) is 12.6. The predicted octanol–water partition coefficient (Wildman–Crippen LogP) is 7.13. The average molecular weight is 339 g/mol. The lowest BCUT2D eigenvalue weighted by molar-refractivity contribution is -0.698. The molecular formula is C21H40NS+. The largest absolute Gasteiger partial charge is 0.225 e. The SMILES string of the molecule is CCCCCCCCCCCCCCCC[n+]1csc(C)c1C. The summed E-state index contributed by atoms with van der Waals surface area (Å²) in [4.78, 5) is 1.47. The maximum Gasteiger partial charge on any atom is 0.225 e. The molecule has 0 spiro atoms. The van der Waals surface area contributed by atoms with Crippen LogP contribution in [0, 0.1) is 13.8 Å². The molecule has 0 saturated heterocycles. The molecule has 0 aromatic carbocycles. The summed E-state index contributed by atoms with van der Waals surface area (Å²) < 4.78 is 2.43. The lowest BCUT2D eigenvalue weighted by atomic mass is 10.0. The van der Waals surface area contributed by atoms with Gasteiger partial charge in [-0.3, -0.25) is 0 Å². The molecule has 0 aliphatic heterocycles. The predicted molar refractivity (Wildman–Crippen MR) is 104 cm³/mol. The van der Waals surface area contributed by atoms with Crippen LogP contribution in [-0.4, -0.2) is 0 Å².